The highest BCUT2D eigenvalue weighted by Crippen LogP contribution is 2.29. The standard InChI is InChI=1S/C26H24N4O/c1-17-12-14-20-19(13-15-23(31)25(20)28-17)16-27-24(18-8-4-3-5-9-18)26-29-21-10-6-7-11-22(21)30(26)2/h3-15,24,27,31H,16H2,1-2H3/t24-/m1/s1. The minimum atomic E-state index is -0.0825. The predicted octanol–water partition coefficient (Wildman–Crippen LogP) is 5.01. The molecule has 2 N–H and O–H groups in total. The number of rotatable bonds is 5. The summed E-state index contributed by atoms with van der Waals surface area (Å²) >= 11 is 0. The molecule has 3 aromatic carbocycles. The molecule has 31 heavy (non-hydrogen) atoms. The quantitative estimate of drug-likeness (QED) is 0.429. The average Bonchev–Trinajstić information content (AvgIpc) is 3.13. The lowest BCUT2D eigenvalue weighted by molar-refractivity contribution is 0.480. The summed E-state index contributed by atoms with van der Waals surface area (Å²) < 4.78 is 2.15. The molecule has 0 unspecified atom stereocenters. The third-order valence-electron chi connectivity index (χ3n) is 5.77. The summed E-state index contributed by atoms with van der Waals surface area (Å²) in [6.45, 7) is 2.55. The molecule has 2 aromatic heterocycles. The number of nitrogens with zero attached hydrogens (tertiary/aromatic N) is 3. The average molecular weight is 409 g/mol. The summed E-state index contributed by atoms with van der Waals surface area (Å²) in [7, 11) is 2.06. The Morgan fingerprint density at radius 1 is 0.903 bits per heavy atom. The maximum Gasteiger partial charge on any atom is 0.141 e. The van der Waals surface area contributed by atoms with Crippen LogP contribution in [0.5, 0.6) is 5.75 Å². The highest BCUT2D eigenvalue weighted by atomic mass is 16.3. The molecule has 0 aliphatic heterocycles. The van der Waals surface area contributed by atoms with Crippen LogP contribution in [0.25, 0.3) is 21.9 Å². The van der Waals surface area contributed by atoms with E-state index in [1.807, 2.05) is 49.4 Å². The van der Waals surface area contributed by atoms with Crippen LogP contribution < -0.4 is 5.32 Å². The molecule has 5 heteroatoms. The summed E-state index contributed by atoms with van der Waals surface area (Å²) in [5.41, 5.74) is 5.85. The molecule has 5 rings (SSSR count). The van der Waals surface area contributed by atoms with Gasteiger partial charge >= 0.3 is 0 Å². The van der Waals surface area contributed by atoms with Crippen molar-refractivity contribution >= 4 is 21.9 Å². The molecule has 1 atom stereocenters. The zero-order chi connectivity index (χ0) is 21.4. The van der Waals surface area contributed by atoms with Crippen LogP contribution in [-0.4, -0.2) is 19.6 Å². The van der Waals surface area contributed by atoms with E-state index in [-0.39, 0.29) is 11.8 Å². The summed E-state index contributed by atoms with van der Waals surface area (Å²) in [5, 5.41) is 14.9. The van der Waals surface area contributed by atoms with Crippen LogP contribution in [0.1, 0.15) is 28.7 Å². The lowest BCUT2D eigenvalue weighted by Gasteiger charge is -2.20. The Balaban J connectivity index is 1.56. The number of fused-ring (bicyclic) bond motifs is 2. The molecule has 0 saturated heterocycles. The monoisotopic (exact) mass is 408 g/mol. The number of phenolic OH excluding ortho intramolecular Hbond substituents is 1. The molecule has 2 heterocycles. The van der Waals surface area contributed by atoms with Crippen molar-refractivity contribution in [3.05, 3.63) is 102 Å². The summed E-state index contributed by atoms with van der Waals surface area (Å²) in [5.74, 6) is 1.17. The van der Waals surface area contributed by atoms with Gasteiger partial charge in [-0.1, -0.05) is 54.6 Å². The van der Waals surface area contributed by atoms with Crippen molar-refractivity contribution in [3.8, 4) is 5.75 Å². The second-order valence-corrected chi connectivity index (χ2v) is 7.83. The van der Waals surface area contributed by atoms with E-state index in [2.05, 4.69) is 52.2 Å². The minimum Gasteiger partial charge on any atom is -0.506 e. The Kier molecular flexibility index (Phi) is 4.88. The molecule has 0 saturated carbocycles. The number of benzene rings is 3. The zero-order valence-corrected chi connectivity index (χ0v) is 17.6. The number of aromatic nitrogens is 3. The number of hydrogen-bond donors (Lipinski definition) is 2. The van der Waals surface area contributed by atoms with Crippen LogP contribution in [0.15, 0.2) is 78.9 Å². The van der Waals surface area contributed by atoms with E-state index in [4.69, 9.17) is 4.98 Å². The van der Waals surface area contributed by atoms with E-state index in [1.165, 1.54) is 0 Å². The second-order valence-electron chi connectivity index (χ2n) is 7.83. The molecule has 5 nitrogen and oxygen atoms in total. The molecule has 0 aliphatic carbocycles. The van der Waals surface area contributed by atoms with Crippen molar-refractivity contribution in [2.75, 3.05) is 0 Å². The Bertz CT molecular complexity index is 1370. The van der Waals surface area contributed by atoms with E-state index < -0.39 is 0 Å². The Morgan fingerprint density at radius 2 is 1.68 bits per heavy atom. The van der Waals surface area contributed by atoms with Crippen LogP contribution in [0, 0.1) is 6.92 Å². The lowest BCUT2D eigenvalue weighted by Crippen LogP contribution is -2.25. The fourth-order valence-corrected chi connectivity index (χ4v) is 4.15. The van der Waals surface area contributed by atoms with E-state index in [1.54, 1.807) is 6.07 Å². The maximum absolute atomic E-state index is 10.3. The molecule has 0 bridgehead atoms. The van der Waals surface area contributed by atoms with Gasteiger partial charge in [0.15, 0.2) is 0 Å². The molecule has 154 valence electrons. The molecular weight excluding hydrogens is 384 g/mol. The Morgan fingerprint density at radius 3 is 2.48 bits per heavy atom. The molecule has 0 fully saturated rings. The largest absolute Gasteiger partial charge is 0.506 e. The number of aryl methyl sites for hydroxylation is 2. The smallest absolute Gasteiger partial charge is 0.141 e. The van der Waals surface area contributed by atoms with Crippen LogP contribution in [-0.2, 0) is 13.6 Å². The first kappa shape index (κ1) is 19.3. The first-order valence-corrected chi connectivity index (χ1v) is 10.4. The Labute approximate surface area is 181 Å². The van der Waals surface area contributed by atoms with Crippen LogP contribution in [0.4, 0.5) is 0 Å². The zero-order valence-electron chi connectivity index (χ0n) is 17.6. The third-order valence-corrected chi connectivity index (χ3v) is 5.77. The van der Waals surface area contributed by atoms with Crippen molar-refractivity contribution in [2.24, 2.45) is 7.05 Å². The van der Waals surface area contributed by atoms with Gasteiger partial charge in [0.2, 0.25) is 0 Å². The van der Waals surface area contributed by atoms with Crippen molar-refractivity contribution in [2.45, 2.75) is 19.5 Å². The van der Waals surface area contributed by atoms with Crippen LogP contribution in [0.2, 0.25) is 0 Å². The fraction of sp³-hybridized carbons (Fsp3) is 0.154. The van der Waals surface area contributed by atoms with Crippen molar-refractivity contribution in [1.29, 1.82) is 0 Å². The van der Waals surface area contributed by atoms with Gasteiger partial charge in [0.1, 0.15) is 17.1 Å². The van der Waals surface area contributed by atoms with E-state index in [0.717, 1.165) is 39.1 Å². The highest BCUT2D eigenvalue weighted by Gasteiger charge is 2.20. The van der Waals surface area contributed by atoms with Crippen LogP contribution >= 0.6 is 0 Å². The van der Waals surface area contributed by atoms with E-state index in [0.29, 0.717) is 12.1 Å². The van der Waals surface area contributed by atoms with E-state index in [9.17, 15) is 5.11 Å². The topological polar surface area (TPSA) is 63.0 Å². The van der Waals surface area contributed by atoms with Gasteiger partial charge in [-0.05, 0) is 42.3 Å². The fourth-order valence-electron chi connectivity index (χ4n) is 4.15. The summed E-state index contributed by atoms with van der Waals surface area (Å²) in [6, 6.07) is 26.2. The number of pyridine rings is 1. The van der Waals surface area contributed by atoms with Crippen LogP contribution in [0.3, 0.4) is 0 Å². The first-order valence-electron chi connectivity index (χ1n) is 10.4. The van der Waals surface area contributed by atoms with Gasteiger partial charge in [-0.3, -0.25) is 5.32 Å². The molecule has 0 radical (unpaired) electrons. The van der Waals surface area contributed by atoms with Crippen molar-refractivity contribution < 1.29 is 5.11 Å². The highest BCUT2D eigenvalue weighted by molar-refractivity contribution is 5.87. The summed E-state index contributed by atoms with van der Waals surface area (Å²) in [6.07, 6.45) is 0. The molecule has 0 aliphatic rings. The molecule has 0 amide bonds. The number of aromatic hydroxyl groups is 1. The molecular formula is C26H24N4O. The lowest BCUT2D eigenvalue weighted by atomic mass is 10.0. The van der Waals surface area contributed by atoms with Gasteiger partial charge in [0.05, 0.1) is 17.1 Å². The van der Waals surface area contributed by atoms with E-state index >= 15 is 0 Å². The summed E-state index contributed by atoms with van der Waals surface area (Å²) in [4.78, 5) is 9.47. The minimum absolute atomic E-state index is 0.0825. The van der Waals surface area contributed by atoms with Gasteiger partial charge in [-0.2, -0.15) is 0 Å². The number of nitrogens with one attached hydrogen (secondary N) is 1. The third kappa shape index (κ3) is 3.53. The normalized spacial score (nSPS) is 12.5. The maximum atomic E-state index is 10.3. The predicted molar refractivity (Wildman–Crippen MR) is 124 cm³/mol. The van der Waals surface area contributed by atoms with Gasteiger partial charge in [-0.15, -0.1) is 0 Å². The van der Waals surface area contributed by atoms with Gasteiger partial charge < -0.3 is 9.67 Å². The van der Waals surface area contributed by atoms with Gasteiger partial charge in [0, 0.05) is 24.7 Å². The van der Waals surface area contributed by atoms with Gasteiger partial charge in [0.25, 0.3) is 0 Å². The number of para-hydroxylation sites is 2. The molecule has 5 aromatic rings. The SMILES string of the molecule is Cc1ccc2c(CN[C@H](c3ccccc3)c3nc4ccccc4n3C)ccc(O)c2n1. The van der Waals surface area contributed by atoms with Gasteiger partial charge in [-0.25, -0.2) is 9.97 Å². The second kappa shape index (κ2) is 7.85. The first-order chi connectivity index (χ1) is 15.1. The number of hydrogen-bond acceptors (Lipinski definition) is 4. The Hall–Kier alpha value is -3.70. The van der Waals surface area contributed by atoms with Crippen molar-refractivity contribution in [1.82, 2.24) is 19.9 Å². The molecule has 0 spiro atoms. The number of imidazole rings is 1. The van der Waals surface area contributed by atoms with Crippen molar-refractivity contribution in [3.63, 3.8) is 0 Å². The number of phenols is 1.